The first-order chi connectivity index (χ1) is 9.15. The van der Waals surface area contributed by atoms with Crippen LogP contribution >= 0.6 is 0 Å². The minimum Gasteiger partial charge on any atom is -0.467 e. The van der Waals surface area contributed by atoms with Crippen LogP contribution in [0.25, 0.3) is 6.08 Å². The van der Waals surface area contributed by atoms with Gasteiger partial charge in [0.2, 0.25) is 5.91 Å². The van der Waals surface area contributed by atoms with Crippen molar-refractivity contribution in [2.24, 2.45) is 0 Å². The highest BCUT2D eigenvalue weighted by Gasteiger charge is 1.99. The Labute approximate surface area is 112 Å². The summed E-state index contributed by atoms with van der Waals surface area (Å²) in [5.41, 5.74) is 3.44. The zero-order valence-electron chi connectivity index (χ0n) is 11.1. The molecule has 0 radical (unpaired) electrons. The fraction of sp³-hybridized carbons (Fsp3) is 0.188. The van der Waals surface area contributed by atoms with E-state index in [4.69, 9.17) is 4.42 Å². The summed E-state index contributed by atoms with van der Waals surface area (Å²) in [6.45, 7) is 4.49. The van der Waals surface area contributed by atoms with Crippen molar-refractivity contribution < 1.29 is 9.21 Å². The molecule has 3 nitrogen and oxygen atoms in total. The SMILES string of the molecule is Cc1ccc(/C=C/C(=O)NCc2ccco2)c(C)c1. The zero-order chi connectivity index (χ0) is 13.7. The third-order valence-corrected chi connectivity index (χ3v) is 2.86. The topological polar surface area (TPSA) is 42.2 Å². The monoisotopic (exact) mass is 255 g/mol. The van der Waals surface area contributed by atoms with Crippen molar-refractivity contribution in [1.29, 1.82) is 0 Å². The van der Waals surface area contributed by atoms with Gasteiger partial charge < -0.3 is 9.73 Å². The van der Waals surface area contributed by atoms with Gasteiger partial charge in [0.05, 0.1) is 12.8 Å². The number of hydrogen-bond acceptors (Lipinski definition) is 2. The van der Waals surface area contributed by atoms with Gasteiger partial charge in [0.25, 0.3) is 0 Å². The number of benzene rings is 1. The lowest BCUT2D eigenvalue weighted by Gasteiger charge is -2.02. The molecule has 0 unspecified atom stereocenters. The predicted octanol–water partition coefficient (Wildman–Crippen LogP) is 3.23. The lowest BCUT2D eigenvalue weighted by atomic mass is 10.1. The summed E-state index contributed by atoms with van der Waals surface area (Å²) in [6.07, 6.45) is 4.96. The average molecular weight is 255 g/mol. The average Bonchev–Trinajstić information content (AvgIpc) is 2.88. The molecule has 1 N–H and O–H groups in total. The van der Waals surface area contributed by atoms with Gasteiger partial charge in [0.1, 0.15) is 5.76 Å². The molecule has 1 aromatic carbocycles. The van der Waals surface area contributed by atoms with Gasteiger partial charge >= 0.3 is 0 Å². The van der Waals surface area contributed by atoms with Crippen LogP contribution in [0.1, 0.15) is 22.5 Å². The molecule has 0 bridgehead atoms. The molecule has 98 valence electrons. The first kappa shape index (κ1) is 13.1. The largest absolute Gasteiger partial charge is 0.467 e. The minimum atomic E-state index is -0.128. The number of hydrogen-bond donors (Lipinski definition) is 1. The van der Waals surface area contributed by atoms with Crippen molar-refractivity contribution in [2.45, 2.75) is 20.4 Å². The number of nitrogens with one attached hydrogen (secondary N) is 1. The zero-order valence-corrected chi connectivity index (χ0v) is 11.1. The highest BCUT2D eigenvalue weighted by Crippen LogP contribution is 2.11. The van der Waals surface area contributed by atoms with Crippen LogP contribution in [0.3, 0.4) is 0 Å². The third kappa shape index (κ3) is 3.85. The molecule has 1 amide bonds. The predicted molar refractivity (Wildman–Crippen MR) is 75.5 cm³/mol. The lowest BCUT2D eigenvalue weighted by molar-refractivity contribution is -0.116. The highest BCUT2D eigenvalue weighted by molar-refractivity contribution is 5.91. The van der Waals surface area contributed by atoms with Gasteiger partial charge in [-0.3, -0.25) is 4.79 Å². The van der Waals surface area contributed by atoms with Gasteiger partial charge in [-0.25, -0.2) is 0 Å². The van der Waals surface area contributed by atoms with E-state index in [2.05, 4.69) is 18.3 Å². The Morgan fingerprint density at radius 3 is 2.84 bits per heavy atom. The first-order valence-electron chi connectivity index (χ1n) is 6.21. The van der Waals surface area contributed by atoms with E-state index >= 15 is 0 Å². The molecule has 0 saturated heterocycles. The molecule has 0 spiro atoms. The second kappa shape index (κ2) is 6.05. The second-order valence-corrected chi connectivity index (χ2v) is 4.49. The molecule has 3 heteroatoms. The molecule has 0 atom stereocenters. The molecule has 2 aromatic rings. The van der Waals surface area contributed by atoms with Crippen molar-refractivity contribution in [1.82, 2.24) is 5.32 Å². The highest BCUT2D eigenvalue weighted by atomic mass is 16.3. The van der Waals surface area contributed by atoms with Crippen LogP contribution in [0, 0.1) is 13.8 Å². The Morgan fingerprint density at radius 1 is 1.32 bits per heavy atom. The summed E-state index contributed by atoms with van der Waals surface area (Å²) in [5.74, 6) is 0.615. The van der Waals surface area contributed by atoms with Crippen molar-refractivity contribution in [2.75, 3.05) is 0 Å². The van der Waals surface area contributed by atoms with Crippen LogP contribution < -0.4 is 5.32 Å². The van der Waals surface area contributed by atoms with Gasteiger partial charge in [-0.2, -0.15) is 0 Å². The van der Waals surface area contributed by atoms with Gasteiger partial charge in [0, 0.05) is 6.08 Å². The van der Waals surface area contributed by atoms with Crippen LogP contribution in [0.15, 0.2) is 47.1 Å². The van der Waals surface area contributed by atoms with E-state index in [1.54, 1.807) is 18.4 Å². The number of aryl methyl sites for hydroxylation is 2. The third-order valence-electron chi connectivity index (χ3n) is 2.86. The molecule has 0 aliphatic heterocycles. The molecule has 19 heavy (non-hydrogen) atoms. The molecular formula is C16H17NO2. The molecule has 2 rings (SSSR count). The van der Waals surface area contributed by atoms with Crippen molar-refractivity contribution in [3.05, 3.63) is 65.1 Å². The van der Waals surface area contributed by atoms with Crippen LogP contribution in [0.4, 0.5) is 0 Å². The standard InChI is InChI=1S/C16H17NO2/c1-12-5-6-14(13(2)10-12)7-8-16(18)17-11-15-4-3-9-19-15/h3-10H,11H2,1-2H3,(H,17,18)/b8-7+. The Bertz CT molecular complexity index is 583. The van der Waals surface area contributed by atoms with Crippen LogP contribution in [-0.4, -0.2) is 5.91 Å². The number of furan rings is 1. The fourth-order valence-corrected chi connectivity index (χ4v) is 1.82. The number of rotatable bonds is 4. The Morgan fingerprint density at radius 2 is 2.16 bits per heavy atom. The minimum absolute atomic E-state index is 0.128. The summed E-state index contributed by atoms with van der Waals surface area (Å²) < 4.78 is 5.14. The lowest BCUT2D eigenvalue weighted by Crippen LogP contribution is -2.19. The molecule has 0 aliphatic rings. The quantitative estimate of drug-likeness (QED) is 0.852. The summed E-state index contributed by atoms with van der Waals surface area (Å²) in [6, 6.07) is 9.77. The molecule has 1 aromatic heterocycles. The van der Waals surface area contributed by atoms with Gasteiger partial charge in [-0.15, -0.1) is 0 Å². The maximum Gasteiger partial charge on any atom is 0.244 e. The van der Waals surface area contributed by atoms with E-state index in [1.807, 2.05) is 31.2 Å². The molecular weight excluding hydrogens is 238 g/mol. The molecule has 0 fully saturated rings. The normalized spacial score (nSPS) is 10.8. The first-order valence-corrected chi connectivity index (χ1v) is 6.21. The summed E-state index contributed by atoms with van der Waals surface area (Å²) in [4.78, 5) is 11.7. The number of amides is 1. The maximum absolute atomic E-state index is 11.7. The second-order valence-electron chi connectivity index (χ2n) is 4.49. The van der Waals surface area contributed by atoms with E-state index in [9.17, 15) is 4.79 Å². The summed E-state index contributed by atoms with van der Waals surface area (Å²) in [7, 11) is 0. The van der Waals surface area contributed by atoms with Crippen LogP contribution in [-0.2, 0) is 11.3 Å². The van der Waals surface area contributed by atoms with Crippen LogP contribution in [0.5, 0.6) is 0 Å². The summed E-state index contributed by atoms with van der Waals surface area (Å²) in [5, 5.41) is 2.77. The van der Waals surface area contributed by atoms with Gasteiger partial charge in [-0.05, 0) is 43.2 Å². The van der Waals surface area contributed by atoms with Crippen molar-refractivity contribution >= 4 is 12.0 Å². The smallest absolute Gasteiger partial charge is 0.244 e. The number of carbonyl (C=O) groups excluding carboxylic acids is 1. The van der Waals surface area contributed by atoms with E-state index in [0.29, 0.717) is 6.54 Å². The Balaban J connectivity index is 1.92. The molecule has 0 aliphatic carbocycles. The van der Waals surface area contributed by atoms with Crippen molar-refractivity contribution in [3.63, 3.8) is 0 Å². The van der Waals surface area contributed by atoms with Gasteiger partial charge in [0.15, 0.2) is 0 Å². The van der Waals surface area contributed by atoms with E-state index in [-0.39, 0.29) is 5.91 Å². The van der Waals surface area contributed by atoms with E-state index in [0.717, 1.165) is 16.9 Å². The van der Waals surface area contributed by atoms with E-state index < -0.39 is 0 Å². The Kier molecular flexibility index (Phi) is 4.18. The number of carbonyl (C=O) groups is 1. The van der Waals surface area contributed by atoms with E-state index in [1.165, 1.54) is 5.56 Å². The Hall–Kier alpha value is -2.29. The van der Waals surface area contributed by atoms with Gasteiger partial charge in [-0.1, -0.05) is 23.8 Å². The summed E-state index contributed by atoms with van der Waals surface area (Å²) >= 11 is 0. The maximum atomic E-state index is 11.7. The molecule has 1 heterocycles. The fourth-order valence-electron chi connectivity index (χ4n) is 1.82. The van der Waals surface area contributed by atoms with Crippen LogP contribution in [0.2, 0.25) is 0 Å². The molecule has 0 saturated carbocycles. The van der Waals surface area contributed by atoms with Crippen molar-refractivity contribution in [3.8, 4) is 0 Å².